The molecule has 0 spiro atoms. The summed E-state index contributed by atoms with van der Waals surface area (Å²) >= 11 is 0. The van der Waals surface area contributed by atoms with Crippen LogP contribution in [0.15, 0.2) is 53.4 Å². The van der Waals surface area contributed by atoms with Crippen LogP contribution in [0.1, 0.15) is 44.5 Å². The molecule has 3 N–H and O–H groups in total. The number of benzene rings is 2. The summed E-state index contributed by atoms with van der Waals surface area (Å²) in [7, 11) is -3.60. The van der Waals surface area contributed by atoms with Crippen molar-refractivity contribution in [1.82, 2.24) is 4.72 Å². The molecule has 2 amide bonds. The Morgan fingerprint density at radius 1 is 0.828 bits per heavy atom. The van der Waals surface area contributed by atoms with Gasteiger partial charge in [-0.2, -0.15) is 0 Å². The fourth-order valence-corrected chi connectivity index (χ4v) is 3.84. The first-order valence-corrected chi connectivity index (χ1v) is 10.9. The largest absolute Gasteiger partial charge is 0.326 e. The zero-order valence-electron chi connectivity index (χ0n) is 17.0. The van der Waals surface area contributed by atoms with E-state index in [9.17, 15) is 18.0 Å². The van der Waals surface area contributed by atoms with E-state index >= 15 is 0 Å². The molecular weight excluding hydrogens is 390 g/mol. The second-order valence-electron chi connectivity index (χ2n) is 7.48. The highest BCUT2D eigenvalue weighted by Crippen LogP contribution is 2.17. The Balaban J connectivity index is 2.00. The van der Waals surface area contributed by atoms with Gasteiger partial charge in [0.15, 0.2) is 0 Å². The molecular formula is C21H27N3O4S. The minimum absolute atomic E-state index is 0.0567. The van der Waals surface area contributed by atoms with Gasteiger partial charge in [-0.3, -0.25) is 9.59 Å². The van der Waals surface area contributed by atoms with Crippen LogP contribution in [0.2, 0.25) is 0 Å². The van der Waals surface area contributed by atoms with Gasteiger partial charge in [-0.15, -0.1) is 0 Å². The third-order valence-corrected chi connectivity index (χ3v) is 5.51. The molecule has 0 saturated carbocycles. The highest BCUT2D eigenvalue weighted by Gasteiger charge is 2.16. The fraction of sp³-hybridized carbons (Fsp3) is 0.333. The minimum Gasteiger partial charge on any atom is -0.326 e. The highest BCUT2D eigenvalue weighted by atomic mass is 32.2. The molecule has 0 aromatic heterocycles. The van der Waals surface area contributed by atoms with Gasteiger partial charge in [-0.05, 0) is 68.3 Å². The lowest BCUT2D eigenvalue weighted by atomic mass is 10.1. The predicted molar refractivity (Wildman–Crippen MR) is 114 cm³/mol. The molecule has 0 unspecified atom stereocenters. The quantitative estimate of drug-likeness (QED) is 0.610. The van der Waals surface area contributed by atoms with Crippen LogP contribution in [0.5, 0.6) is 0 Å². The van der Waals surface area contributed by atoms with Crippen LogP contribution in [0.4, 0.5) is 11.4 Å². The van der Waals surface area contributed by atoms with E-state index in [0.717, 1.165) is 0 Å². The van der Waals surface area contributed by atoms with Crippen LogP contribution in [-0.2, 0) is 14.8 Å². The van der Waals surface area contributed by atoms with Gasteiger partial charge in [0.05, 0.1) is 4.90 Å². The molecule has 0 aliphatic rings. The number of carbonyl (C=O) groups excluding carboxylic acids is 2. The summed E-state index contributed by atoms with van der Waals surface area (Å²) in [6.45, 7) is 7.42. The first-order valence-electron chi connectivity index (χ1n) is 9.40. The Bertz CT molecular complexity index is 950. The third kappa shape index (κ3) is 6.99. The van der Waals surface area contributed by atoms with E-state index in [0.29, 0.717) is 23.4 Å². The van der Waals surface area contributed by atoms with Crippen LogP contribution < -0.4 is 15.4 Å². The van der Waals surface area contributed by atoms with Crippen molar-refractivity contribution in [2.45, 2.75) is 45.1 Å². The van der Waals surface area contributed by atoms with Gasteiger partial charge in [0.1, 0.15) is 0 Å². The van der Waals surface area contributed by atoms with Crippen molar-refractivity contribution in [3.8, 4) is 0 Å². The van der Waals surface area contributed by atoms with Gasteiger partial charge >= 0.3 is 0 Å². The topological polar surface area (TPSA) is 104 Å². The number of nitrogens with one attached hydrogen (secondary N) is 3. The van der Waals surface area contributed by atoms with Crippen molar-refractivity contribution in [3.63, 3.8) is 0 Å². The monoisotopic (exact) mass is 417 g/mol. The van der Waals surface area contributed by atoms with Gasteiger partial charge < -0.3 is 10.6 Å². The van der Waals surface area contributed by atoms with Crippen molar-refractivity contribution in [1.29, 1.82) is 0 Å². The predicted octanol–water partition coefficient (Wildman–Crippen LogP) is 3.61. The second-order valence-corrected chi connectivity index (χ2v) is 9.19. The maximum atomic E-state index is 12.4. The van der Waals surface area contributed by atoms with Crippen LogP contribution in [0.3, 0.4) is 0 Å². The first kappa shape index (κ1) is 22.6. The van der Waals surface area contributed by atoms with Crippen molar-refractivity contribution in [3.05, 3.63) is 54.1 Å². The van der Waals surface area contributed by atoms with Crippen molar-refractivity contribution in [2.24, 2.45) is 5.92 Å². The van der Waals surface area contributed by atoms with Crippen molar-refractivity contribution >= 4 is 33.2 Å². The SMILES string of the molecule is CC(C)CC(=O)Nc1ccc(NC(=O)c2ccc(S(=O)(=O)NC(C)C)cc2)cc1. The van der Waals surface area contributed by atoms with Crippen molar-refractivity contribution < 1.29 is 18.0 Å². The molecule has 0 bridgehead atoms. The summed E-state index contributed by atoms with van der Waals surface area (Å²) in [5, 5.41) is 5.55. The maximum absolute atomic E-state index is 12.4. The van der Waals surface area contributed by atoms with E-state index in [1.807, 2.05) is 13.8 Å². The number of rotatable bonds is 8. The molecule has 0 atom stereocenters. The molecule has 7 nitrogen and oxygen atoms in total. The number of hydrogen-bond acceptors (Lipinski definition) is 4. The summed E-state index contributed by atoms with van der Waals surface area (Å²) < 4.78 is 26.8. The Kier molecular flexibility index (Phi) is 7.53. The Morgan fingerprint density at radius 2 is 1.34 bits per heavy atom. The summed E-state index contributed by atoms with van der Waals surface area (Å²) in [4.78, 5) is 24.3. The molecule has 0 saturated heterocycles. The smallest absolute Gasteiger partial charge is 0.255 e. The zero-order chi connectivity index (χ0) is 21.6. The second kappa shape index (κ2) is 9.67. The van der Waals surface area contributed by atoms with E-state index in [2.05, 4.69) is 15.4 Å². The summed E-state index contributed by atoms with van der Waals surface area (Å²) in [6.07, 6.45) is 0.441. The molecule has 2 rings (SSSR count). The van der Waals surface area contributed by atoms with Crippen molar-refractivity contribution in [2.75, 3.05) is 10.6 Å². The van der Waals surface area contributed by atoms with E-state index < -0.39 is 10.0 Å². The molecule has 29 heavy (non-hydrogen) atoms. The van der Waals surface area contributed by atoms with E-state index in [1.54, 1.807) is 38.1 Å². The lowest BCUT2D eigenvalue weighted by Gasteiger charge is -2.11. The Labute approximate surface area is 172 Å². The van der Waals surface area contributed by atoms with Gasteiger partial charge in [0.2, 0.25) is 15.9 Å². The molecule has 0 aliphatic carbocycles. The van der Waals surface area contributed by atoms with Gasteiger partial charge in [-0.25, -0.2) is 13.1 Å². The average molecular weight is 418 g/mol. The maximum Gasteiger partial charge on any atom is 0.255 e. The summed E-state index contributed by atoms with van der Waals surface area (Å²) in [6, 6.07) is 12.3. The molecule has 156 valence electrons. The number of amides is 2. The standard InChI is InChI=1S/C21H27N3O4S/c1-14(2)13-20(25)22-17-7-9-18(10-8-17)23-21(26)16-5-11-19(12-6-16)29(27,28)24-15(3)4/h5-12,14-15,24H,13H2,1-4H3,(H,22,25)(H,23,26). The molecule has 8 heteroatoms. The minimum atomic E-state index is -3.60. The molecule has 0 radical (unpaired) electrons. The first-order chi connectivity index (χ1) is 13.6. The Hall–Kier alpha value is -2.71. The number of anilines is 2. The van der Waals surface area contributed by atoms with E-state index in [-0.39, 0.29) is 28.7 Å². The van der Waals surface area contributed by atoms with E-state index in [1.165, 1.54) is 24.3 Å². The van der Waals surface area contributed by atoms with Crippen LogP contribution >= 0.6 is 0 Å². The van der Waals surface area contributed by atoms with Gasteiger partial charge in [0.25, 0.3) is 5.91 Å². The van der Waals surface area contributed by atoms with Crippen LogP contribution in [0.25, 0.3) is 0 Å². The van der Waals surface area contributed by atoms with Gasteiger partial charge in [0, 0.05) is 29.4 Å². The fourth-order valence-electron chi connectivity index (χ4n) is 2.59. The Morgan fingerprint density at radius 3 is 1.83 bits per heavy atom. The van der Waals surface area contributed by atoms with Gasteiger partial charge in [-0.1, -0.05) is 13.8 Å². The normalized spacial score (nSPS) is 11.5. The summed E-state index contributed by atoms with van der Waals surface area (Å²) in [5.74, 6) is -0.141. The van der Waals surface area contributed by atoms with E-state index in [4.69, 9.17) is 0 Å². The molecule has 0 heterocycles. The molecule has 2 aromatic rings. The number of carbonyl (C=O) groups is 2. The highest BCUT2D eigenvalue weighted by molar-refractivity contribution is 7.89. The van der Waals surface area contributed by atoms with Crippen LogP contribution in [0, 0.1) is 5.92 Å². The lowest BCUT2D eigenvalue weighted by Crippen LogP contribution is -2.30. The summed E-state index contributed by atoms with van der Waals surface area (Å²) in [5.41, 5.74) is 1.55. The zero-order valence-corrected chi connectivity index (χ0v) is 17.8. The molecule has 2 aromatic carbocycles. The number of hydrogen-bond donors (Lipinski definition) is 3. The third-order valence-electron chi connectivity index (χ3n) is 3.84. The number of sulfonamides is 1. The van der Waals surface area contributed by atoms with Crippen LogP contribution in [-0.4, -0.2) is 26.3 Å². The molecule has 0 aliphatic heterocycles. The lowest BCUT2D eigenvalue weighted by molar-refractivity contribution is -0.116. The molecule has 0 fully saturated rings. The average Bonchev–Trinajstić information content (AvgIpc) is 2.61.